The first-order valence-corrected chi connectivity index (χ1v) is 10.2. The maximum absolute atomic E-state index is 12.7. The summed E-state index contributed by atoms with van der Waals surface area (Å²) in [4.78, 5) is 8.67. The third kappa shape index (κ3) is 4.20. The van der Waals surface area contributed by atoms with Crippen LogP contribution in [0.3, 0.4) is 0 Å². The van der Waals surface area contributed by atoms with Gasteiger partial charge in [0.15, 0.2) is 0 Å². The second kappa shape index (κ2) is 7.90. The van der Waals surface area contributed by atoms with Gasteiger partial charge in [0, 0.05) is 17.6 Å². The molecule has 29 heavy (non-hydrogen) atoms. The number of ether oxygens (including phenoxy) is 2. The second-order valence-electron chi connectivity index (χ2n) is 6.05. The number of benzene rings is 2. The van der Waals surface area contributed by atoms with E-state index in [1.807, 2.05) is 18.2 Å². The van der Waals surface area contributed by atoms with Crippen LogP contribution in [0.4, 0.5) is 0 Å². The number of oxazole rings is 1. The Morgan fingerprint density at radius 3 is 2.59 bits per heavy atom. The number of hydrogen-bond acceptors (Lipinski definition) is 7. The molecule has 9 heteroatoms. The summed E-state index contributed by atoms with van der Waals surface area (Å²) >= 11 is 0. The Bertz CT molecular complexity index is 1250. The van der Waals surface area contributed by atoms with E-state index in [0.717, 1.165) is 16.7 Å². The molecule has 2 aromatic heterocycles. The minimum atomic E-state index is -3.07. The summed E-state index contributed by atoms with van der Waals surface area (Å²) in [6.45, 7) is 0.0348. The Morgan fingerprint density at radius 2 is 1.86 bits per heavy atom. The molecule has 0 saturated heterocycles. The zero-order valence-electron chi connectivity index (χ0n) is 15.5. The lowest BCUT2D eigenvalue weighted by Crippen LogP contribution is -2.12. The van der Waals surface area contributed by atoms with E-state index in [2.05, 4.69) is 14.3 Å². The van der Waals surface area contributed by atoms with Crippen molar-refractivity contribution in [3.05, 3.63) is 73.1 Å². The number of aromatic nitrogens is 2. The van der Waals surface area contributed by atoms with Crippen LogP contribution in [0.2, 0.25) is 0 Å². The molecule has 2 N–H and O–H groups in total. The van der Waals surface area contributed by atoms with Crippen LogP contribution in [0.5, 0.6) is 17.2 Å². The van der Waals surface area contributed by atoms with Crippen molar-refractivity contribution in [2.45, 2.75) is 11.4 Å². The van der Waals surface area contributed by atoms with E-state index >= 15 is 0 Å². The van der Waals surface area contributed by atoms with E-state index in [-0.39, 0.29) is 6.54 Å². The lowest BCUT2D eigenvalue weighted by Gasteiger charge is -2.10. The largest absolute Gasteiger partial charge is 0.497 e. The maximum atomic E-state index is 12.7. The summed E-state index contributed by atoms with van der Waals surface area (Å²) in [6, 6.07) is 14.0. The van der Waals surface area contributed by atoms with Gasteiger partial charge in [0.2, 0.25) is 5.89 Å². The molecule has 0 radical (unpaired) electrons. The summed E-state index contributed by atoms with van der Waals surface area (Å²) in [5, 5.41) is 6.74. The fourth-order valence-corrected chi connectivity index (χ4v) is 3.68. The van der Waals surface area contributed by atoms with Gasteiger partial charge in [-0.3, -0.25) is 4.98 Å². The van der Waals surface area contributed by atoms with Gasteiger partial charge in [-0.25, -0.2) is 18.7 Å². The van der Waals surface area contributed by atoms with E-state index in [4.69, 9.17) is 19.0 Å². The average Bonchev–Trinajstić information content (AvgIpc) is 3.26. The van der Waals surface area contributed by atoms with Crippen LogP contribution >= 0.6 is 0 Å². The third-order valence-corrected chi connectivity index (χ3v) is 5.63. The summed E-state index contributed by atoms with van der Waals surface area (Å²) in [5.74, 6) is 2.29. The second-order valence-corrected chi connectivity index (χ2v) is 7.91. The van der Waals surface area contributed by atoms with E-state index in [1.165, 1.54) is 12.5 Å². The molecule has 0 fully saturated rings. The van der Waals surface area contributed by atoms with Crippen LogP contribution in [0.15, 0.2) is 80.9 Å². The van der Waals surface area contributed by atoms with Gasteiger partial charge in [0.05, 0.1) is 23.7 Å². The van der Waals surface area contributed by atoms with Crippen LogP contribution in [0, 0.1) is 0 Å². The molecular weight excluding hydrogens is 392 g/mol. The SMILES string of the molecule is COc1ccc2c(Oc3ccc(S(N)(=O)=NCc4ncco4)cc3)ccnc2c1. The minimum absolute atomic E-state index is 0.0348. The first kappa shape index (κ1) is 18.9. The quantitative estimate of drug-likeness (QED) is 0.515. The minimum Gasteiger partial charge on any atom is -0.497 e. The zero-order valence-corrected chi connectivity index (χ0v) is 16.3. The highest BCUT2D eigenvalue weighted by molar-refractivity contribution is 7.91. The average molecular weight is 410 g/mol. The molecule has 0 bridgehead atoms. The van der Waals surface area contributed by atoms with Gasteiger partial charge in [-0.2, -0.15) is 0 Å². The number of fused-ring (bicyclic) bond motifs is 1. The maximum Gasteiger partial charge on any atom is 0.216 e. The molecule has 0 aliphatic heterocycles. The fourth-order valence-electron chi connectivity index (χ4n) is 2.70. The van der Waals surface area contributed by atoms with Crippen LogP contribution in [-0.4, -0.2) is 21.3 Å². The van der Waals surface area contributed by atoms with Gasteiger partial charge in [0.1, 0.15) is 40.0 Å². The molecule has 4 aromatic rings. The van der Waals surface area contributed by atoms with Crippen molar-refractivity contribution in [3.63, 3.8) is 0 Å². The Morgan fingerprint density at radius 1 is 1.07 bits per heavy atom. The van der Waals surface area contributed by atoms with E-state index in [1.54, 1.807) is 43.6 Å². The smallest absolute Gasteiger partial charge is 0.216 e. The molecular formula is C20H18N4O4S. The molecule has 0 saturated carbocycles. The number of hydrogen-bond donors (Lipinski definition) is 1. The monoisotopic (exact) mass is 410 g/mol. The molecule has 0 aliphatic rings. The first-order valence-electron chi connectivity index (χ1n) is 8.65. The molecule has 0 amide bonds. The van der Waals surface area contributed by atoms with Crippen LogP contribution in [-0.2, 0) is 16.5 Å². The van der Waals surface area contributed by atoms with E-state index < -0.39 is 9.92 Å². The predicted octanol–water partition coefficient (Wildman–Crippen LogP) is 3.92. The van der Waals surface area contributed by atoms with Crippen LogP contribution in [0.1, 0.15) is 5.89 Å². The van der Waals surface area contributed by atoms with Crippen molar-refractivity contribution in [2.24, 2.45) is 9.50 Å². The van der Waals surface area contributed by atoms with Gasteiger partial charge >= 0.3 is 0 Å². The molecule has 1 atom stereocenters. The standard InChI is InChI=1S/C20H18N4O4S/c1-26-15-4-7-17-18(12-15)22-9-8-19(17)28-14-2-5-16(6-3-14)29(21,25)24-13-20-23-10-11-27-20/h2-12H,13H2,1H3,(H2,21,24,25). The van der Waals surface area contributed by atoms with Crippen molar-refractivity contribution in [1.82, 2.24) is 9.97 Å². The summed E-state index contributed by atoms with van der Waals surface area (Å²) in [7, 11) is -1.47. The molecule has 4 rings (SSSR count). The lowest BCUT2D eigenvalue weighted by atomic mass is 10.2. The molecule has 0 spiro atoms. The van der Waals surface area contributed by atoms with Gasteiger partial charge in [-0.15, -0.1) is 0 Å². The number of nitrogens with zero attached hydrogens (tertiary/aromatic N) is 3. The number of pyridine rings is 1. The Kier molecular flexibility index (Phi) is 5.15. The van der Waals surface area contributed by atoms with Gasteiger partial charge in [-0.05, 0) is 42.5 Å². The molecule has 0 aliphatic carbocycles. The van der Waals surface area contributed by atoms with Gasteiger partial charge in [-0.1, -0.05) is 0 Å². The molecule has 148 valence electrons. The summed E-state index contributed by atoms with van der Waals surface area (Å²) in [6.07, 6.45) is 4.59. The van der Waals surface area contributed by atoms with Crippen LogP contribution in [0.25, 0.3) is 10.9 Å². The molecule has 2 heterocycles. The topological polar surface area (TPSA) is 113 Å². The normalized spacial score (nSPS) is 13.0. The van der Waals surface area contributed by atoms with Gasteiger partial charge in [0.25, 0.3) is 0 Å². The Labute approximate surface area is 167 Å². The summed E-state index contributed by atoms with van der Waals surface area (Å²) < 4.78 is 33.0. The summed E-state index contributed by atoms with van der Waals surface area (Å²) in [5.41, 5.74) is 0.758. The van der Waals surface area contributed by atoms with Crippen molar-refractivity contribution >= 4 is 20.8 Å². The molecule has 1 unspecified atom stereocenters. The fraction of sp³-hybridized carbons (Fsp3) is 0.100. The van der Waals surface area contributed by atoms with Crippen molar-refractivity contribution in [3.8, 4) is 17.2 Å². The first-order chi connectivity index (χ1) is 14.0. The lowest BCUT2D eigenvalue weighted by molar-refractivity contribution is 0.415. The van der Waals surface area contributed by atoms with E-state index in [9.17, 15) is 4.21 Å². The molecule has 2 aromatic carbocycles. The van der Waals surface area contributed by atoms with Crippen molar-refractivity contribution < 1.29 is 18.1 Å². The zero-order chi connectivity index (χ0) is 20.3. The molecule has 8 nitrogen and oxygen atoms in total. The van der Waals surface area contributed by atoms with Crippen LogP contribution < -0.4 is 14.6 Å². The number of nitrogens with two attached hydrogens (primary N) is 1. The third-order valence-electron chi connectivity index (χ3n) is 4.17. The highest BCUT2D eigenvalue weighted by atomic mass is 32.2. The van der Waals surface area contributed by atoms with Crippen molar-refractivity contribution in [1.29, 1.82) is 0 Å². The highest BCUT2D eigenvalue weighted by Gasteiger charge is 2.10. The Balaban J connectivity index is 1.56. The van der Waals surface area contributed by atoms with Crippen molar-refractivity contribution in [2.75, 3.05) is 7.11 Å². The highest BCUT2D eigenvalue weighted by Crippen LogP contribution is 2.31. The van der Waals surface area contributed by atoms with E-state index in [0.29, 0.717) is 22.3 Å². The number of methoxy groups -OCH3 is 1. The number of rotatable bonds is 6. The Hall–Kier alpha value is -3.43. The predicted molar refractivity (Wildman–Crippen MR) is 108 cm³/mol. The van der Waals surface area contributed by atoms with Gasteiger partial charge < -0.3 is 13.9 Å².